The van der Waals surface area contributed by atoms with E-state index in [4.69, 9.17) is 9.47 Å². The van der Waals surface area contributed by atoms with Gasteiger partial charge >= 0.3 is 0 Å². The van der Waals surface area contributed by atoms with Crippen molar-refractivity contribution in [3.8, 4) is 5.88 Å². The van der Waals surface area contributed by atoms with Gasteiger partial charge in [0.1, 0.15) is 5.03 Å². The molecule has 6 nitrogen and oxygen atoms in total. The number of ether oxygens (including phenoxy) is 2. The molecule has 3 saturated heterocycles. The van der Waals surface area contributed by atoms with Crippen molar-refractivity contribution in [3.63, 3.8) is 0 Å². The number of hydrogen-bond acceptors (Lipinski definition) is 6. The van der Waals surface area contributed by atoms with Gasteiger partial charge in [0, 0.05) is 64.0 Å². The monoisotopic (exact) mass is 324 g/mol. The van der Waals surface area contributed by atoms with Crippen LogP contribution in [-0.4, -0.2) is 71.5 Å². The Kier molecular flexibility index (Phi) is 3.84. The zero-order valence-corrected chi connectivity index (χ0v) is 14.1. The predicted octanol–water partition coefficient (Wildman–Crippen LogP) is 1.23. The van der Waals surface area contributed by atoms with Crippen molar-refractivity contribution in [1.82, 2.24) is 19.0 Å². The van der Waals surface area contributed by atoms with Crippen LogP contribution < -0.4 is 4.74 Å². The topological polar surface area (TPSA) is 42.8 Å². The molecule has 122 valence electrons. The second kappa shape index (κ2) is 5.70. The van der Waals surface area contributed by atoms with E-state index in [-0.39, 0.29) is 0 Å². The largest absolute Gasteiger partial charge is 0.480 e. The van der Waals surface area contributed by atoms with Crippen LogP contribution >= 0.6 is 11.9 Å². The van der Waals surface area contributed by atoms with E-state index in [9.17, 15) is 0 Å². The first-order valence-electron chi connectivity index (χ1n) is 8.00. The molecule has 0 radical (unpaired) electrons. The average molecular weight is 324 g/mol. The minimum Gasteiger partial charge on any atom is -0.480 e. The van der Waals surface area contributed by atoms with Crippen LogP contribution in [0.3, 0.4) is 0 Å². The summed E-state index contributed by atoms with van der Waals surface area (Å²) in [5.41, 5.74) is 0.550. The molecular weight excluding hydrogens is 300 g/mol. The summed E-state index contributed by atoms with van der Waals surface area (Å²) in [6, 6.07) is 2.77. The number of methoxy groups -OCH3 is 1. The lowest BCUT2D eigenvalue weighted by molar-refractivity contribution is -0.113. The Labute approximate surface area is 135 Å². The lowest BCUT2D eigenvalue weighted by Crippen LogP contribution is -2.72. The van der Waals surface area contributed by atoms with Gasteiger partial charge in [-0.05, 0) is 24.8 Å². The molecule has 22 heavy (non-hydrogen) atoms. The standard InChI is InChI=1S/C15H24N4O2S/c1-17-14(7-13(16-17)20-2)22-19-10-15(11-19)8-18(9-15)12-3-5-21-6-4-12/h7,12H,3-6,8-11H2,1-2H3. The molecule has 1 spiro atoms. The molecule has 0 N–H and O–H groups in total. The van der Waals surface area contributed by atoms with Gasteiger partial charge in [-0.2, -0.15) is 0 Å². The maximum absolute atomic E-state index is 5.46. The van der Waals surface area contributed by atoms with E-state index >= 15 is 0 Å². The van der Waals surface area contributed by atoms with E-state index in [1.807, 2.05) is 17.8 Å². The van der Waals surface area contributed by atoms with Crippen LogP contribution in [0, 0.1) is 5.41 Å². The first kappa shape index (κ1) is 14.8. The van der Waals surface area contributed by atoms with Crippen LogP contribution in [0.1, 0.15) is 12.8 Å². The summed E-state index contributed by atoms with van der Waals surface area (Å²) < 4.78 is 15.0. The minimum absolute atomic E-state index is 0.550. The molecule has 3 fully saturated rings. The Balaban J connectivity index is 1.25. The molecule has 1 aromatic heterocycles. The molecule has 1 aromatic rings. The SMILES string of the molecule is COc1cc(SN2CC3(C2)CN(C2CCOCC2)C3)n(C)n1. The first-order valence-corrected chi connectivity index (χ1v) is 8.78. The van der Waals surface area contributed by atoms with E-state index < -0.39 is 0 Å². The predicted molar refractivity (Wildman–Crippen MR) is 85.0 cm³/mol. The van der Waals surface area contributed by atoms with E-state index in [2.05, 4.69) is 14.3 Å². The summed E-state index contributed by atoms with van der Waals surface area (Å²) >= 11 is 1.80. The fourth-order valence-electron chi connectivity index (χ4n) is 3.83. The highest BCUT2D eigenvalue weighted by Gasteiger charge is 2.53. The summed E-state index contributed by atoms with van der Waals surface area (Å²) in [6.07, 6.45) is 2.42. The molecule has 0 aliphatic carbocycles. The second-order valence-corrected chi connectivity index (χ2v) is 7.90. The van der Waals surface area contributed by atoms with Gasteiger partial charge in [0.05, 0.1) is 7.11 Å². The normalized spacial score (nSPS) is 25.9. The lowest BCUT2D eigenvalue weighted by Gasteiger charge is -2.61. The molecule has 0 saturated carbocycles. The number of aromatic nitrogens is 2. The van der Waals surface area contributed by atoms with Crippen molar-refractivity contribution in [2.75, 3.05) is 46.5 Å². The van der Waals surface area contributed by atoms with Crippen LogP contribution in [-0.2, 0) is 11.8 Å². The summed E-state index contributed by atoms with van der Waals surface area (Å²) in [5, 5.41) is 5.46. The second-order valence-electron chi connectivity index (χ2n) is 6.79. The van der Waals surface area contributed by atoms with Crippen molar-refractivity contribution in [2.45, 2.75) is 23.9 Å². The van der Waals surface area contributed by atoms with Crippen LogP contribution in [0.15, 0.2) is 11.1 Å². The highest BCUT2D eigenvalue weighted by Crippen LogP contribution is 2.45. The molecule has 0 unspecified atom stereocenters. The van der Waals surface area contributed by atoms with E-state index in [0.717, 1.165) is 24.3 Å². The van der Waals surface area contributed by atoms with E-state index in [1.54, 1.807) is 19.1 Å². The van der Waals surface area contributed by atoms with E-state index in [0.29, 0.717) is 11.3 Å². The maximum atomic E-state index is 5.46. The Morgan fingerprint density at radius 2 is 2.00 bits per heavy atom. The van der Waals surface area contributed by atoms with Crippen LogP contribution in [0.2, 0.25) is 0 Å². The molecule has 0 amide bonds. The number of nitrogens with zero attached hydrogens (tertiary/aromatic N) is 4. The maximum Gasteiger partial charge on any atom is 0.233 e. The Morgan fingerprint density at radius 1 is 1.27 bits per heavy atom. The number of likely N-dealkylation sites (tertiary alicyclic amines) is 1. The van der Waals surface area contributed by atoms with Gasteiger partial charge in [-0.25, -0.2) is 4.31 Å². The van der Waals surface area contributed by atoms with Gasteiger partial charge in [0.2, 0.25) is 5.88 Å². The lowest BCUT2D eigenvalue weighted by atomic mass is 9.73. The number of aryl methyl sites for hydroxylation is 1. The van der Waals surface area contributed by atoms with Gasteiger partial charge in [-0.15, -0.1) is 5.10 Å². The molecule has 7 heteroatoms. The van der Waals surface area contributed by atoms with Crippen LogP contribution in [0.5, 0.6) is 5.88 Å². The molecule has 0 atom stereocenters. The fraction of sp³-hybridized carbons (Fsp3) is 0.800. The smallest absolute Gasteiger partial charge is 0.233 e. The van der Waals surface area contributed by atoms with Gasteiger partial charge < -0.3 is 9.47 Å². The molecule has 4 rings (SSSR count). The minimum atomic E-state index is 0.550. The van der Waals surface area contributed by atoms with Crippen molar-refractivity contribution in [3.05, 3.63) is 6.07 Å². The summed E-state index contributed by atoms with van der Waals surface area (Å²) in [6.45, 7) is 6.79. The first-order chi connectivity index (χ1) is 10.7. The molecule has 0 bridgehead atoms. The van der Waals surface area contributed by atoms with Gasteiger partial charge in [-0.3, -0.25) is 9.58 Å². The molecule has 3 aliphatic rings. The molecule has 3 aliphatic heterocycles. The number of hydrogen-bond donors (Lipinski definition) is 0. The van der Waals surface area contributed by atoms with Crippen molar-refractivity contribution >= 4 is 11.9 Å². The van der Waals surface area contributed by atoms with Crippen LogP contribution in [0.4, 0.5) is 0 Å². The van der Waals surface area contributed by atoms with Gasteiger partial charge in [-0.1, -0.05) is 0 Å². The Morgan fingerprint density at radius 3 is 2.64 bits per heavy atom. The zero-order chi connectivity index (χ0) is 15.2. The summed E-state index contributed by atoms with van der Waals surface area (Å²) in [4.78, 5) is 2.66. The highest BCUT2D eigenvalue weighted by atomic mass is 32.2. The zero-order valence-electron chi connectivity index (χ0n) is 13.3. The number of rotatable bonds is 4. The Bertz CT molecular complexity index is 530. The third-order valence-corrected chi connectivity index (χ3v) is 6.14. The van der Waals surface area contributed by atoms with Gasteiger partial charge in [0.25, 0.3) is 0 Å². The highest BCUT2D eigenvalue weighted by molar-refractivity contribution is 7.97. The molecule has 0 aromatic carbocycles. The molecular formula is C15H24N4O2S. The van der Waals surface area contributed by atoms with Crippen molar-refractivity contribution < 1.29 is 9.47 Å². The van der Waals surface area contributed by atoms with Crippen molar-refractivity contribution in [2.24, 2.45) is 12.5 Å². The summed E-state index contributed by atoms with van der Waals surface area (Å²) in [5.74, 6) is 0.689. The van der Waals surface area contributed by atoms with E-state index in [1.165, 1.54) is 39.0 Å². The molecule has 4 heterocycles. The summed E-state index contributed by atoms with van der Waals surface area (Å²) in [7, 11) is 3.63. The Hall–Kier alpha value is -0.760. The average Bonchev–Trinajstić information content (AvgIpc) is 2.81. The third kappa shape index (κ3) is 2.64. The van der Waals surface area contributed by atoms with Crippen LogP contribution in [0.25, 0.3) is 0 Å². The fourth-order valence-corrected chi connectivity index (χ4v) is 5.09. The third-order valence-electron chi connectivity index (χ3n) is 5.05. The van der Waals surface area contributed by atoms with Gasteiger partial charge in [0.15, 0.2) is 0 Å². The van der Waals surface area contributed by atoms with Crippen molar-refractivity contribution in [1.29, 1.82) is 0 Å². The quantitative estimate of drug-likeness (QED) is 0.776.